The summed E-state index contributed by atoms with van der Waals surface area (Å²) in [5.74, 6) is -1.26. The first kappa shape index (κ1) is 29.7. The lowest BCUT2D eigenvalue weighted by atomic mass is 9.76. The van der Waals surface area contributed by atoms with Gasteiger partial charge in [-0.1, -0.05) is 62.9 Å². The van der Waals surface area contributed by atoms with E-state index in [4.69, 9.17) is 9.98 Å². The van der Waals surface area contributed by atoms with Gasteiger partial charge in [0, 0.05) is 36.0 Å². The summed E-state index contributed by atoms with van der Waals surface area (Å²) in [5.41, 5.74) is 3.54. The maximum atomic E-state index is 14.1. The maximum Gasteiger partial charge on any atom is 0.304 e. The van der Waals surface area contributed by atoms with Gasteiger partial charge in [0.1, 0.15) is 6.17 Å². The van der Waals surface area contributed by atoms with Crippen molar-refractivity contribution in [3.63, 3.8) is 0 Å². The van der Waals surface area contributed by atoms with Crippen molar-refractivity contribution >= 4 is 46.0 Å². The van der Waals surface area contributed by atoms with Crippen molar-refractivity contribution in [3.8, 4) is 11.3 Å². The highest BCUT2D eigenvalue weighted by atomic mass is 32.1. The Bertz CT molecular complexity index is 1430. The van der Waals surface area contributed by atoms with Crippen molar-refractivity contribution in [3.05, 3.63) is 41.3 Å². The number of thiazole rings is 1. The largest absolute Gasteiger partial charge is 0.481 e. The van der Waals surface area contributed by atoms with Crippen LogP contribution in [0.2, 0.25) is 0 Å². The molecule has 10 heteroatoms. The zero-order valence-electron chi connectivity index (χ0n) is 24.6. The van der Waals surface area contributed by atoms with E-state index in [1.807, 2.05) is 40.8 Å². The number of rotatable bonds is 8. The number of hydrogen-bond donors (Lipinski definition) is 2. The third-order valence-electron chi connectivity index (χ3n) is 9.80. The molecule has 3 fully saturated rings. The zero-order chi connectivity index (χ0) is 30.1. The van der Waals surface area contributed by atoms with Gasteiger partial charge >= 0.3 is 5.97 Å². The van der Waals surface area contributed by atoms with Crippen LogP contribution in [0.25, 0.3) is 16.8 Å². The molecular weight excluding hydrogens is 564 g/mol. The van der Waals surface area contributed by atoms with Crippen LogP contribution in [0.1, 0.15) is 70.3 Å². The molecule has 2 aromatic rings. The molecule has 1 aromatic heterocycles. The van der Waals surface area contributed by atoms with E-state index >= 15 is 0 Å². The number of aliphatic hydroxyl groups is 1. The number of hydrogen-bond acceptors (Lipinski definition) is 7. The molecule has 43 heavy (non-hydrogen) atoms. The molecule has 6 rings (SSSR count). The lowest BCUT2D eigenvalue weighted by Gasteiger charge is -2.31. The molecule has 0 spiro atoms. The Balaban J connectivity index is 1.29. The lowest BCUT2D eigenvalue weighted by molar-refractivity contribution is -0.142. The summed E-state index contributed by atoms with van der Waals surface area (Å²) in [7, 11) is 0. The summed E-state index contributed by atoms with van der Waals surface area (Å²) in [6.07, 6.45) is 10.7. The summed E-state index contributed by atoms with van der Waals surface area (Å²) < 4.78 is 0. The molecule has 3 aliphatic heterocycles. The van der Waals surface area contributed by atoms with Crippen molar-refractivity contribution in [1.29, 1.82) is 0 Å². The predicted molar refractivity (Wildman–Crippen MR) is 167 cm³/mol. The molecule has 0 bridgehead atoms. The molecule has 5 unspecified atom stereocenters. The van der Waals surface area contributed by atoms with Gasteiger partial charge in [-0.15, -0.1) is 11.3 Å². The normalized spacial score (nSPS) is 28.4. The summed E-state index contributed by atoms with van der Waals surface area (Å²) in [4.78, 5) is 51.6. The van der Waals surface area contributed by atoms with Gasteiger partial charge < -0.3 is 15.1 Å². The molecule has 1 aromatic carbocycles. The van der Waals surface area contributed by atoms with Crippen LogP contribution in [-0.2, 0) is 14.4 Å². The smallest absolute Gasteiger partial charge is 0.304 e. The number of likely N-dealkylation sites (tertiary alicyclic amines) is 1. The average molecular weight is 605 g/mol. The molecule has 1 saturated carbocycles. The molecule has 9 nitrogen and oxygen atoms in total. The minimum atomic E-state index is -0.967. The van der Waals surface area contributed by atoms with Crippen LogP contribution in [0, 0.1) is 23.7 Å². The van der Waals surface area contributed by atoms with E-state index in [9.17, 15) is 24.6 Å². The van der Waals surface area contributed by atoms with Crippen LogP contribution in [-0.4, -0.2) is 69.5 Å². The fourth-order valence-electron chi connectivity index (χ4n) is 7.69. The van der Waals surface area contributed by atoms with Crippen LogP contribution < -0.4 is 4.90 Å². The van der Waals surface area contributed by atoms with E-state index in [2.05, 4.69) is 13.0 Å². The standard InChI is InChI=1S/C33H40N4O5S/c1-20-15-22(17-34-31(20)36-14-6-11-29(36)39)24-9-4-5-10-26(24)28-19-43-33(35-28)37-23(18-38)12-13-25(21-7-2-3-8-21)27(32(37)42)16-30(40)41/h4-5,9-10,15,17,19-21,23,25,27,31,38H,2-3,6-8,11-14,16,18H2,1H3,(H,40,41). The monoisotopic (exact) mass is 604 g/mol. The number of nitrogens with zero attached hydrogens (tertiary/aromatic N) is 4. The van der Waals surface area contributed by atoms with Crippen LogP contribution in [0.15, 0.2) is 40.7 Å². The molecule has 5 atom stereocenters. The molecule has 1 aliphatic carbocycles. The third-order valence-corrected chi connectivity index (χ3v) is 10.6. The lowest BCUT2D eigenvalue weighted by Crippen LogP contribution is -2.45. The van der Waals surface area contributed by atoms with Gasteiger partial charge in [0.05, 0.1) is 30.7 Å². The first-order valence-corrected chi connectivity index (χ1v) is 16.5. The Morgan fingerprint density at radius 3 is 2.51 bits per heavy atom. The van der Waals surface area contributed by atoms with E-state index in [1.165, 1.54) is 11.3 Å². The van der Waals surface area contributed by atoms with Gasteiger partial charge in [0.15, 0.2) is 5.13 Å². The Morgan fingerprint density at radius 1 is 1.07 bits per heavy atom. The Labute approximate surface area is 256 Å². The number of aliphatic carboxylic acids is 1. The SMILES string of the molecule is CC1C=C(c2ccccc2-c2csc(N3C(=O)C(CC(=O)O)C(C4CCCC4)CCC3CO)n2)C=NC1N1CCCC1=O. The number of aliphatic hydroxyl groups excluding tert-OH is 1. The second kappa shape index (κ2) is 12.7. The highest BCUT2D eigenvalue weighted by Crippen LogP contribution is 2.44. The van der Waals surface area contributed by atoms with E-state index in [-0.39, 0.29) is 42.8 Å². The number of dihydropyridines is 1. The molecule has 2 saturated heterocycles. The van der Waals surface area contributed by atoms with Crippen molar-refractivity contribution < 1.29 is 24.6 Å². The average Bonchev–Trinajstić information content (AvgIpc) is 3.77. The van der Waals surface area contributed by atoms with E-state index in [0.29, 0.717) is 29.6 Å². The van der Waals surface area contributed by atoms with E-state index in [1.54, 1.807) is 4.90 Å². The Kier molecular flexibility index (Phi) is 8.77. The van der Waals surface area contributed by atoms with Crippen LogP contribution in [0.4, 0.5) is 5.13 Å². The number of anilines is 1. The number of aliphatic imine (C=N–C) groups is 1. The molecule has 0 radical (unpaired) electrons. The summed E-state index contributed by atoms with van der Waals surface area (Å²) in [6.45, 7) is 2.63. The number of carboxylic acid groups (broad SMARTS) is 1. The van der Waals surface area contributed by atoms with Crippen LogP contribution in [0.5, 0.6) is 0 Å². The summed E-state index contributed by atoms with van der Waals surface area (Å²) in [5, 5.41) is 22.6. The molecule has 228 valence electrons. The van der Waals surface area contributed by atoms with Crippen molar-refractivity contribution in [1.82, 2.24) is 9.88 Å². The number of carbonyl (C=O) groups excluding carboxylic acids is 2. The van der Waals surface area contributed by atoms with Gasteiger partial charge in [-0.2, -0.15) is 0 Å². The maximum absolute atomic E-state index is 14.1. The zero-order valence-corrected chi connectivity index (χ0v) is 25.4. The van der Waals surface area contributed by atoms with Gasteiger partial charge in [0.25, 0.3) is 0 Å². The molecule has 2 amide bonds. The van der Waals surface area contributed by atoms with Gasteiger partial charge in [-0.25, -0.2) is 4.98 Å². The number of allylic oxidation sites excluding steroid dienone is 1. The quantitative estimate of drug-likeness (QED) is 0.425. The Hall–Kier alpha value is -3.37. The summed E-state index contributed by atoms with van der Waals surface area (Å²) >= 11 is 1.35. The van der Waals surface area contributed by atoms with Gasteiger partial charge in [-0.3, -0.25) is 24.3 Å². The minimum absolute atomic E-state index is 0.00417. The topological polar surface area (TPSA) is 123 Å². The number of aromatic nitrogens is 1. The first-order valence-electron chi connectivity index (χ1n) is 15.6. The van der Waals surface area contributed by atoms with Crippen molar-refractivity contribution in [2.45, 2.75) is 76.9 Å². The first-order chi connectivity index (χ1) is 20.9. The fraction of sp³-hybridized carbons (Fsp3) is 0.545. The second-order valence-corrected chi connectivity index (χ2v) is 13.3. The highest BCUT2D eigenvalue weighted by Gasteiger charge is 2.44. The van der Waals surface area contributed by atoms with Crippen LogP contribution in [0.3, 0.4) is 0 Å². The van der Waals surface area contributed by atoms with E-state index < -0.39 is 17.9 Å². The fourth-order valence-corrected chi connectivity index (χ4v) is 8.59. The predicted octanol–water partition coefficient (Wildman–Crippen LogP) is 5.25. The van der Waals surface area contributed by atoms with Crippen molar-refractivity contribution in [2.24, 2.45) is 28.7 Å². The number of carbonyl (C=O) groups is 3. The number of amides is 2. The Morgan fingerprint density at radius 2 is 1.84 bits per heavy atom. The molecule has 4 heterocycles. The van der Waals surface area contributed by atoms with E-state index in [0.717, 1.165) is 61.8 Å². The van der Waals surface area contributed by atoms with Gasteiger partial charge in [0.2, 0.25) is 11.8 Å². The highest BCUT2D eigenvalue weighted by molar-refractivity contribution is 7.14. The molecule has 4 aliphatic rings. The van der Waals surface area contributed by atoms with Crippen molar-refractivity contribution in [2.75, 3.05) is 18.1 Å². The van der Waals surface area contributed by atoms with Crippen LogP contribution >= 0.6 is 11.3 Å². The number of benzene rings is 1. The minimum Gasteiger partial charge on any atom is -0.481 e. The third kappa shape index (κ3) is 5.91. The molecule has 2 N–H and O–H groups in total. The van der Waals surface area contributed by atoms with Gasteiger partial charge in [-0.05, 0) is 42.2 Å². The molecular formula is C33H40N4O5S. The summed E-state index contributed by atoms with van der Waals surface area (Å²) in [6, 6.07) is 7.52. The second-order valence-electron chi connectivity index (χ2n) is 12.5. The number of carboxylic acids is 1.